The van der Waals surface area contributed by atoms with Crippen molar-refractivity contribution in [1.29, 1.82) is 0 Å². The standard InChI is InChI=1S/C21H19F2N5O3S2/c1-11(8-29)24-17-16-18(26-19(30)20(25-16)32-10-13-5-3-7-31-13)28-21(27-17)33-9-12-4-2-6-14(22)15(12)23/h2-7,11,29H,8-10H2,1H3,(H2,24,26,27,28,30)/t11-/m1/s1. The van der Waals surface area contributed by atoms with Gasteiger partial charge in [-0.15, -0.1) is 0 Å². The number of aromatic nitrogens is 4. The van der Waals surface area contributed by atoms with Crippen molar-refractivity contribution in [2.75, 3.05) is 11.9 Å². The van der Waals surface area contributed by atoms with Crippen LogP contribution in [0.4, 0.5) is 14.6 Å². The Kier molecular flexibility index (Phi) is 7.26. The molecule has 0 saturated heterocycles. The molecule has 172 valence electrons. The summed E-state index contributed by atoms with van der Waals surface area (Å²) < 4.78 is 32.8. The summed E-state index contributed by atoms with van der Waals surface area (Å²) in [7, 11) is 0. The van der Waals surface area contributed by atoms with Crippen molar-refractivity contribution in [3.05, 3.63) is 69.9 Å². The molecule has 4 aromatic rings. The fourth-order valence-corrected chi connectivity index (χ4v) is 4.42. The van der Waals surface area contributed by atoms with Crippen molar-refractivity contribution >= 4 is 40.5 Å². The molecule has 0 aliphatic heterocycles. The van der Waals surface area contributed by atoms with Crippen LogP contribution in [-0.4, -0.2) is 37.7 Å². The van der Waals surface area contributed by atoms with Gasteiger partial charge in [0.25, 0.3) is 5.56 Å². The van der Waals surface area contributed by atoms with E-state index in [-0.39, 0.29) is 39.8 Å². The quantitative estimate of drug-likeness (QED) is 0.236. The van der Waals surface area contributed by atoms with Crippen LogP contribution in [0.1, 0.15) is 18.2 Å². The number of nitrogens with zero attached hydrogens (tertiary/aromatic N) is 3. The monoisotopic (exact) mass is 491 g/mol. The highest BCUT2D eigenvalue weighted by Gasteiger charge is 2.17. The van der Waals surface area contributed by atoms with E-state index in [9.17, 15) is 18.7 Å². The van der Waals surface area contributed by atoms with Gasteiger partial charge < -0.3 is 19.8 Å². The summed E-state index contributed by atoms with van der Waals surface area (Å²) in [5, 5.41) is 12.9. The third-order valence-electron chi connectivity index (χ3n) is 4.48. The molecule has 1 aromatic carbocycles. The molecule has 0 amide bonds. The number of rotatable bonds is 9. The summed E-state index contributed by atoms with van der Waals surface area (Å²) in [4.78, 5) is 28.5. The number of anilines is 1. The number of aromatic amines is 1. The molecule has 3 aromatic heterocycles. The van der Waals surface area contributed by atoms with Crippen molar-refractivity contribution in [2.45, 2.75) is 34.7 Å². The van der Waals surface area contributed by atoms with Crippen molar-refractivity contribution < 1.29 is 18.3 Å². The highest BCUT2D eigenvalue weighted by molar-refractivity contribution is 7.98. The molecule has 1 atom stereocenters. The Morgan fingerprint density at radius 3 is 2.76 bits per heavy atom. The topological polar surface area (TPSA) is 117 Å². The van der Waals surface area contributed by atoms with Gasteiger partial charge in [0.15, 0.2) is 33.3 Å². The fraction of sp³-hybridized carbons (Fsp3) is 0.238. The minimum atomic E-state index is -0.931. The van der Waals surface area contributed by atoms with Gasteiger partial charge in [0.05, 0.1) is 18.6 Å². The van der Waals surface area contributed by atoms with Crippen LogP contribution >= 0.6 is 23.5 Å². The first-order chi connectivity index (χ1) is 15.9. The highest BCUT2D eigenvalue weighted by atomic mass is 32.2. The lowest BCUT2D eigenvalue weighted by Gasteiger charge is -2.14. The highest BCUT2D eigenvalue weighted by Crippen LogP contribution is 2.27. The van der Waals surface area contributed by atoms with Gasteiger partial charge in [0.2, 0.25) is 0 Å². The Hall–Kier alpha value is -2.96. The predicted octanol–water partition coefficient (Wildman–Crippen LogP) is 3.96. The summed E-state index contributed by atoms with van der Waals surface area (Å²) in [6, 6.07) is 7.16. The number of thioether (sulfide) groups is 2. The number of furan rings is 1. The van der Waals surface area contributed by atoms with E-state index in [1.165, 1.54) is 23.9 Å². The third kappa shape index (κ3) is 5.52. The molecule has 3 N–H and O–H groups in total. The van der Waals surface area contributed by atoms with E-state index in [0.29, 0.717) is 22.8 Å². The summed E-state index contributed by atoms with van der Waals surface area (Å²) in [5.74, 6) is -0.357. The molecular weight excluding hydrogens is 472 g/mol. The molecule has 0 aliphatic rings. The van der Waals surface area contributed by atoms with Gasteiger partial charge in [-0.1, -0.05) is 35.7 Å². The molecule has 8 nitrogen and oxygen atoms in total. The Balaban J connectivity index is 1.66. The SMILES string of the molecule is C[C@H](CO)Nc1nc(SCc2cccc(F)c2F)nc2[nH]c(=O)c(SCc3ccco3)nc12. The minimum Gasteiger partial charge on any atom is -0.468 e. The Labute approximate surface area is 195 Å². The molecule has 0 fully saturated rings. The first-order valence-electron chi connectivity index (χ1n) is 9.85. The van der Waals surface area contributed by atoms with E-state index in [1.807, 2.05) is 0 Å². The van der Waals surface area contributed by atoms with E-state index >= 15 is 0 Å². The summed E-state index contributed by atoms with van der Waals surface area (Å²) in [6.07, 6.45) is 1.55. The van der Waals surface area contributed by atoms with E-state index in [0.717, 1.165) is 17.8 Å². The maximum atomic E-state index is 14.0. The molecule has 0 bridgehead atoms. The van der Waals surface area contributed by atoms with Crippen LogP contribution in [0, 0.1) is 11.6 Å². The van der Waals surface area contributed by atoms with E-state index in [1.54, 1.807) is 25.3 Å². The van der Waals surface area contributed by atoms with E-state index in [2.05, 4.69) is 25.3 Å². The number of hydrogen-bond donors (Lipinski definition) is 3. The van der Waals surface area contributed by atoms with Gasteiger partial charge in [0, 0.05) is 17.4 Å². The Bertz CT molecular complexity index is 1320. The molecule has 0 unspecified atom stereocenters. The fourth-order valence-electron chi connectivity index (χ4n) is 2.82. The minimum absolute atomic E-state index is 0.0822. The Morgan fingerprint density at radius 1 is 1.15 bits per heavy atom. The number of aliphatic hydroxyl groups excluding tert-OH is 1. The van der Waals surface area contributed by atoms with Crippen molar-refractivity contribution in [1.82, 2.24) is 19.9 Å². The summed E-state index contributed by atoms with van der Waals surface area (Å²) >= 11 is 2.28. The van der Waals surface area contributed by atoms with Crippen LogP contribution in [0.25, 0.3) is 11.2 Å². The van der Waals surface area contributed by atoms with Gasteiger partial charge in [0.1, 0.15) is 11.3 Å². The van der Waals surface area contributed by atoms with Crippen molar-refractivity contribution in [2.24, 2.45) is 0 Å². The number of halogens is 2. The molecular formula is C21H19F2N5O3S2. The van der Waals surface area contributed by atoms with Gasteiger partial charge in [-0.05, 0) is 25.1 Å². The summed E-state index contributed by atoms with van der Waals surface area (Å²) in [5.41, 5.74) is 0.245. The lowest BCUT2D eigenvalue weighted by atomic mass is 10.2. The molecule has 0 saturated carbocycles. The van der Waals surface area contributed by atoms with Gasteiger partial charge in [-0.2, -0.15) is 0 Å². The second kappa shape index (κ2) is 10.3. The molecule has 0 radical (unpaired) electrons. The van der Waals surface area contributed by atoms with Gasteiger partial charge in [-0.3, -0.25) is 4.79 Å². The third-order valence-corrected chi connectivity index (χ3v) is 6.35. The van der Waals surface area contributed by atoms with Gasteiger partial charge in [-0.25, -0.2) is 23.7 Å². The number of aliphatic hydroxyl groups is 1. The van der Waals surface area contributed by atoms with E-state index < -0.39 is 17.2 Å². The van der Waals surface area contributed by atoms with E-state index in [4.69, 9.17) is 4.42 Å². The molecule has 3 heterocycles. The lowest BCUT2D eigenvalue weighted by Crippen LogP contribution is -2.22. The van der Waals surface area contributed by atoms with Crippen LogP contribution in [-0.2, 0) is 11.5 Å². The normalized spacial score (nSPS) is 12.2. The second-order valence-electron chi connectivity index (χ2n) is 7.02. The van der Waals surface area contributed by atoms with Crippen LogP contribution in [0.3, 0.4) is 0 Å². The van der Waals surface area contributed by atoms with Crippen LogP contribution in [0.5, 0.6) is 0 Å². The lowest BCUT2D eigenvalue weighted by molar-refractivity contribution is 0.281. The zero-order chi connectivity index (χ0) is 23.4. The molecule has 33 heavy (non-hydrogen) atoms. The molecule has 0 spiro atoms. The smallest absolute Gasteiger partial charge is 0.282 e. The number of benzene rings is 1. The average molecular weight is 492 g/mol. The maximum absolute atomic E-state index is 14.0. The summed E-state index contributed by atoms with van der Waals surface area (Å²) in [6.45, 7) is 1.59. The maximum Gasteiger partial charge on any atom is 0.282 e. The first kappa shape index (κ1) is 23.2. The molecule has 0 aliphatic carbocycles. The average Bonchev–Trinajstić information content (AvgIpc) is 3.32. The predicted molar refractivity (Wildman–Crippen MR) is 122 cm³/mol. The largest absolute Gasteiger partial charge is 0.468 e. The van der Waals surface area contributed by atoms with Gasteiger partial charge >= 0.3 is 0 Å². The molecule has 12 heteroatoms. The first-order valence-corrected chi connectivity index (χ1v) is 11.8. The van der Waals surface area contributed by atoms with Crippen molar-refractivity contribution in [3.63, 3.8) is 0 Å². The van der Waals surface area contributed by atoms with Crippen molar-refractivity contribution in [3.8, 4) is 0 Å². The van der Waals surface area contributed by atoms with Crippen LogP contribution in [0.2, 0.25) is 0 Å². The molecule has 4 rings (SSSR count). The van der Waals surface area contributed by atoms with Crippen LogP contribution in [0.15, 0.2) is 56.0 Å². The number of nitrogens with one attached hydrogen (secondary N) is 2. The zero-order valence-corrected chi connectivity index (χ0v) is 19.0. The second-order valence-corrected chi connectivity index (χ2v) is 8.93. The zero-order valence-electron chi connectivity index (χ0n) is 17.3. The Morgan fingerprint density at radius 2 is 2.00 bits per heavy atom. The number of fused-ring (bicyclic) bond motifs is 1. The number of H-pyrrole nitrogens is 1. The number of hydrogen-bond acceptors (Lipinski definition) is 9. The van der Waals surface area contributed by atoms with Crippen LogP contribution < -0.4 is 10.9 Å².